The van der Waals surface area contributed by atoms with Gasteiger partial charge in [0, 0.05) is 0 Å². The minimum atomic E-state index is -4.81. The van der Waals surface area contributed by atoms with Crippen LogP contribution in [0.2, 0.25) is 0 Å². The van der Waals surface area contributed by atoms with Crippen LogP contribution >= 0.6 is 0 Å². The van der Waals surface area contributed by atoms with Crippen molar-refractivity contribution in [3.8, 4) is 0 Å². The van der Waals surface area contributed by atoms with Gasteiger partial charge in [0.2, 0.25) is 0 Å². The van der Waals surface area contributed by atoms with Crippen molar-refractivity contribution in [2.45, 2.75) is 145 Å². The molecule has 13 heteroatoms. The maximum atomic E-state index is 6.93. The summed E-state index contributed by atoms with van der Waals surface area (Å²) in [6.07, 6.45) is 12.4. The van der Waals surface area contributed by atoms with Gasteiger partial charge in [0.1, 0.15) is 0 Å². The molecule has 43 heavy (non-hydrogen) atoms. The van der Waals surface area contributed by atoms with Crippen LogP contribution in [0.4, 0.5) is 0 Å². The van der Waals surface area contributed by atoms with Crippen molar-refractivity contribution in [1.82, 2.24) is 0 Å². The van der Waals surface area contributed by atoms with Crippen LogP contribution in [-0.4, -0.2) is 71.0 Å². The molecular formula is C30H68O10Si2Ti. The first-order valence-corrected chi connectivity index (χ1v) is 23.2. The fraction of sp³-hybridized carbons (Fsp3) is 1.00. The monoisotopic (exact) mass is 692 g/mol. The second kappa shape index (κ2) is 28.9. The molecule has 0 aliphatic carbocycles. The van der Waals surface area contributed by atoms with E-state index in [2.05, 4.69) is 41.5 Å². The van der Waals surface area contributed by atoms with Crippen LogP contribution < -0.4 is 0 Å². The van der Waals surface area contributed by atoms with E-state index in [1.807, 2.05) is 13.8 Å². The summed E-state index contributed by atoms with van der Waals surface area (Å²) < 4.78 is 65.7. The summed E-state index contributed by atoms with van der Waals surface area (Å²) in [5, 5.41) is 0. The Morgan fingerprint density at radius 2 is 0.558 bits per heavy atom. The summed E-state index contributed by atoms with van der Waals surface area (Å²) in [4.78, 5) is 0. The van der Waals surface area contributed by atoms with Crippen molar-refractivity contribution in [2.24, 2.45) is 0 Å². The van der Waals surface area contributed by atoms with Crippen molar-refractivity contribution in [3.63, 3.8) is 0 Å². The average Bonchev–Trinajstić information content (AvgIpc) is 3.00. The summed E-state index contributed by atoms with van der Waals surface area (Å²) in [6.45, 7) is 20.2. The molecule has 0 atom stereocenters. The molecular weight excluding hydrogens is 624 g/mol. The SMILES string of the molecule is CCCCO[Si](OCCCC)(OCCCC)[O][Ti]([O]CCC)([O]CCC)[O][Si](OCCCC)(OCCCC)OCCCC. The average molecular weight is 693 g/mol. The zero-order valence-corrected chi connectivity index (χ0v) is 32.7. The van der Waals surface area contributed by atoms with Crippen molar-refractivity contribution in [2.75, 3.05) is 52.9 Å². The van der Waals surface area contributed by atoms with Gasteiger partial charge in [-0.05, 0) is 0 Å². The van der Waals surface area contributed by atoms with E-state index in [0.29, 0.717) is 52.9 Å². The zero-order valence-electron chi connectivity index (χ0n) is 29.1. The van der Waals surface area contributed by atoms with E-state index < -0.39 is 36.2 Å². The van der Waals surface area contributed by atoms with Crippen LogP contribution in [0.1, 0.15) is 145 Å². The third-order valence-corrected chi connectivity index (χ3v) is 16.9. The summed E-state index contributed by atoms with van der Waals surface area (Å²) in [6, 6.07) is 0. The molecule has 0 rings (SSSR count). The van der Waals surface area contributed by atoms with E-state index in [9.17, 15) is 0 Å². The molecule has 0 bridgehead atoms. The Labute approximate surface area is 272 Å². The molecule has 260 valence electrons. The van der Waals surface area contributed by atoms with Crippen LogP contribution in [-0.2, 0) is 57.3 Å². The van der Waals surface area contributed by atoms with Crippen LogP contribution in [0.25, 0.3) is 0 Å². The van der Waals surface area contributed by atoms with Gasteiger partial charge in [-0.3, -0.25) is 0 Å². The fourth-order valence-electron chi connectivity index (χ4n) is 3.42. The number of rotatable bonds is 34. The van der Waals surface area contributed by atoms with Gasteiger partial charge < -0.3 is 0 Å². The van der Waals surface area contributed by atoms with Gasteiger partial charge in [0.05, 0.1) is 0 Å². The van der Waals surface area contributed by atoms with Gasteiger partial charge >= 0.3 is 274 Å². The number of hydrogen-bond donors (Lipinski definition) is 0. The Morgan fingerprint density at radius 1 is 0.326 bits per heavy atom. The van der Waals surface area contributed by atoms with Gasteiger partial charge in [0.15, 0.2) is 0 Å². The Balaban J connectivity index is 6.89. The van der Waals surface area contributed by atoms with E-state index in [1.165, 1.54) is 0 Å². The molecule has 0 aromatic rings. The molecule has 0 fully saturated rings. The predicted octanol–water partition coefficient (Wildman–Crippen LogP) is 8.46. The second-order valence-electron chi connectivity index (χ2n) is 10.6. The first-order chi connectivity index (χ1) is 20.9. The molecule has 0 amide bonds. The maximum absolute atomic E-state index is 6.93. The van der Waals surface area contributed by atoms with Crippen LogP contribution in [0.3, 0.4) is 0 Å². The Morgan fingerprint density at radius 3 is 0.744 bits per heavy atom. The third kappa shape index (κ3) is 20.6. The summed E-state index contributed by atoms with van der Waals surface area (Å²) in [5.74, 6) is 0. The molecule has 0 unspecified atom stereocenters. The first kappa shape index (κ1) is 43.7. The van der Waals surface area contributed by atoms with E-state index in [-0.39, 0.29) is 0 Å². The molecule has 0 saturated carbocycles. The Kier molecular flexibility index (Phi) is 29.4. The second-order valence-corrected chi connectivity index (χ2v) is 19.1. The summed E-state index contributed by atoms with van der Waals surface area (Å²) in [5.41, 5.74) is 0. The quantitative estimate of drug-likeness (QED) is 0.0483. The van der Waals surface area contributed by atoms with Gasteiger partial charge in [-0.1, -0.05) is 0 Å². The topological polar surface area (TPSA) is 92.3 Å². The molecule has 0 N–H and O–H groups in total. The van der Waals surface area contributed by atoms with E-state index >= 15 is 0 Å². The van der Waals surface area contributed by atoms with Gasteiger partial charge in [-0.25, -0.2) is 0 Å². The van der Waals surface area contributed by atoms with Gasteiger partial charge in [-0.2, -0.15) is 0 Å². The fourth-order valence-corrected chi connectivity index (χ4v) is 15.4. The van der Waals surface area contributed by atoms with Crippen LogP contribution in [0.5, 0.6) is 0 Å². The molecule has 0 radical (unpaired) electrons. The minimum absolute atomic E-state index is 0.371. The molecule has 0 aliphatic rings. The van der Waals surface area contributed by atoms with Crippen molar-refractivity contribution in [3.05, 3.63) is 0 Å². The molecule has 0 saturated heterocycles. The summed E-state index contributed by atoms with van der Waals surface area (Å²) >= 11 is -4.81. The third-order valence-electron chi connectivity index (χ3n) is 6.13. The predicted molar refractivity (Wildman–Crippen MR) is 171 cm³/mol. The molecule has 0 spiro atoms. The number of hydrogen-bond acceptors (Lipinski definition) is 10. The summed E-state index contributed by atoms with van der Waals surface area (Å²) in [7, 11) is -7.59. The van der Waals surface area contributed by atoms with Gasteiger partial charge in [0.25, 0.3) is 0 Å². The normalized spacial score (nSPS) is 12.8. The molecule has 0 heterocycles. The van der Waals surface area contributed by atoms with E-state index in [4.69, 9.17) is 39.2 Å². The molecule has 0 aliphatic heterocycles. The van der Waals surface area contributed by atoms with Crippen molar-refractivity contribution >= 4 is 18.1 Å². The van der Waals surface area contributed by atoms with Crippen molar-refractivity contribution < 1.29 is 57.3 Å². The van der Waals surface area contributed by atoms with Crippen LogP contribution in [0, 0.1) is 0 Å². The van der Waals surface area contributed by atoms with E-state index in [0.717, 1.165) is 89.9 Å². The molecule has 0 aromatic heterocycles. The standard InChI is InChI=1S/2C12H27O4Si.2C3H7O.Ti/c2*1-4-7-10-14-17(13,15-11-8-5-2)16-12-9-6-3;2*1-2-3-4;/h2*4-12H2,1-3H3;2*2-3H2,1H3;/q4*-1;+4. The van der Waals surface area contributed by atoms with Crippen LogP contribution in [0.15, 0.2) is 0 Å². The molecule has 10 nitrogen and oxygen atoms in total. The number of unbranched alkanes of at least 4 members (excludes halogenated alkanes) is 6. The Hall–Kier alpha value is 0.748. The Bertz CT molecular complexity index is 506. The van der Waals surface area contributed by atoms with Crippen molar-refractivity contribution in [1.29, 1.82) is 0 Å². The zero-order chi connectivity index (χ0) is 32.1. The first-order valence-electron chi connectivity index (χ1n) is 17.4. The molecule has 0 aromatic carbocycles. The van der Waals surface area contributed by atoms with E-state index in [1.54, 1.807) is 0 Å². The van der Waals surface area contributed by atoms with Gasteiger partial charge in [-0.15, -0.1) is 0 Å².